The minimum atomic E-state index is -0.342. The molecule has 1 aromatic heterocycles. The van der Waals surface area contributed by atoms with Crippen molar-refractivity contribution in [1.29, 1.82) is 0 Å². The molecular formula is C9H10N2O2. The lowest BCUT2D eigenvalue weighted by molar-refractivity contribution is 0.0932. The van der Waals surface area contributed by atoms with Gasteiger partial charge in [0.2, 0.25) is 5.76 Å². The summed E-state index contributed by atoms with van der Waals surface area (Å²) in [6.45, 7) is 2.00. The molecule has 0 atom stereocenters. The van der Waals surface area contributed by atoms with Crippen molar-refractivity contribution in [2.24, 2.45) is 0 Å². The number of nitrogens with one attached hydrogen (secondary N) is 1. The molecule has 1 aromatic rings. The van der Waals surface area contributed by atoms with E-state index >= 15 is 0 Å². The highest BCUT2D eigenvalue weighted by Gasteiger charge is 2.11. The van der Waals surface area contributed by atoms with E-state index in [2.05, 4.69) is 17.2 Å². The third-order valence-corrected chi connectivity index (χ3v) is 1.42. The second-order valence-electron chi connectivity index (χ2n) is 2.31. The summed E-state index contributed by atoms with van der Waals surface area (Å²) in [5, 5.41) is 2.54. The lowest BCUT2D eigenvalue weighted by Crippen LogP contribution is -2.23. The Balaban J connectivity index is 2.57. The van der Waals surface area contributed by atoms with Crippen LogP contribution in [0, 0.1) is 11.8 Å². The first kappa shape index (κ1) is 9.20. The Kier molecular flexibility index (Phi) is 2.98. The molecule has 0 bridgehead atoms. The number of amides is 1. The van der Waals surface area contributed by atoms with E-state index in [9.17, 15) is 4.79 Å². The zero-order valence-corrected chi connectivity index (χ0v) is 7.26. The molecule has 0 aromatic carbocycles. The van der Waals surface area contributed by atoms with Gasteiger partial charge in [0.25, 0.3) is 5.91 Å². The molecule has 0 fully saturated rings. The van der Waals surface area contributed by atoms with Crippen LogP contribution in [0.1, 0.15) is 17.5 Å². The smallest absolute Gasteiger partial charge is 0.289 e. The molecule has 1 heterocycles. The molecule has 0 spiro atoms. The predicted octanol–water partition coefficient (Wildman–Crippen LogP) is 0.615. The number of anilines is 1. The third kappa shape index (κ3) is 2.27. The van der Waals surface area contributed by atoms with Gasteiger partial charge >= 0.3 is 0 Å². The van der Waals surface area contributed by atoms with E-state index in [0.29, 0.717) is 12.2 Å². The predicted molar refractivity (Wildman–Crippen MR) is 48.9 cm³/mol. The fourth-order valence-electron chi connectivity index (χ4n) is 0.797. The first-order valence-electron chi connectivity index (χ1n) is 3.76. The van der Waals surface area contributed by atoms with Crippen molar-refractivity contribution in [2.45, 2.75) is 6.92 Å². The van der Waals surface area contributed by atoms with Gasteiger partial charge in [0.05, 0.1) is 18.5 Å². The first-order chi connectivity index (χ1) is 6.25. The van der Waals surface area contributed by atoms with Gasteiger partial charge in [0.15, 0.2) is 0 Å². The van der Waals surface area contributed by atoms with E-state index in [1.54, 1.807) is 6.92 Å². The van der Waals surface area contributed by atoms with Gasteiger partial charge in [-0.15, -0.1) is 5.92 Å². The molecule has 0 aliphatic heterocycles. The second kappa shape index (κ2) is 4.21. The topological polar surface area (TPSA) is 68.3 Å². The Bertz CT molecular complexity index is 357. The number of hydrogen-bond donors (Lipinski definition) is 2. The summed E-state index contributed by atoms with van der Waals surface area (Å²) < 4.78 is 4.87. The van der Waals surface area contributed by atoms with Crippen molar-refractivity contribution in [3.05, 3.63) is 18.1 Å². The highest BCUT2D eigenvalue weighted by Crippen LogP contribution is 2.11. The molecule has 4 nitrogen and oxygen atoms in total. The molecule has 4 heteroatoms. The summed E-state index contributed by atoms with van der Waals surface area (Å²) >= 11 is 0. The highest BCUT2D eigenvalue weighted by molar-refractivity contribution is 5.96. The monoisotopic (exact) mass is 178 g/mol. The SMILES string of the molecule is CC#CCNC(=O)c1occc1N. The lowest BCUT2D eigenvalue weighted by Gasteiger charge is -1.97. The van der Waals surface area contributed by atoms with Crippen molar-refractivity contribution in [3.63, 3.8) is 0 Å². The van der Waals surface area contributed by atoms with E-state index in [1.165, 1.54) is 12.3 Å². The van der Waals surface area contributed by atoms with E-state index in [1.807, 2.05) is 0 Å². The fraction of sp³-hybridized carbons (Fsp3) is 0.222. The maximum atomic E-state index is 11.2. The van der Waals surface area contributed by atoms with Crippen LogP contribution in [0.4, 0.5) is 5.69 Å². The first-order valence-corrected chi connectivity index (χ1v) is 3.76. The summed E-state index contributed by atoms with van der Waals surface area (Å²) in [6, 6.07) is 1.53. The van der Waals surface area contributed by atoms with Crippen LogP contribution in [-0.2, 0) is 0 Å². The molecule has 3 N–H and O–H groups in total. The van der Waals surface area contributed by atoms with Crippen LogP contribution in [0.25, 0.3) is 0 Å². The molecule has 68 valence electrons. The maximum absolute atomic E-state index is 11.2. The molecule has 0 aliphatic rings. The van der Waals surface area contributed by atoms with E-state index in [0.717, 1.165) is 0 Å². The molecule has 0 saturated carbocycles. The zero-order valence-electron chi connectivity index (χ0n) is 7.26. The van der Waals surface area contributed by atoms with Crippen molar-refractivity contribution in [3.8, 4) is 11.8 Å². The average Bonchev–Trinajstić information content (AvgIpc) is 2.52. The minimum absolute atomic E-state index is 0.137. The number of rotatable bonds is 2. The van der Waals surface area contributed by atoms with Crippen molar-refractivity contribution < 1.29 is 9.21 Å². The van der Waals surface area contributed by atoms with Crippen molar-refractivity contribution in [1.82, 2.24) is 5.32 Å². The number of nitrogen functional groups attached to an aromatic ring is 1. The maximum Gasteiger partial charge on any atom is 0.289 e. The molecule has 13 heavy (non-hydrogen) atoms. The largest absolute Gasteiger partial charge is 0.457 e. The number of carbonyl (C=O) groups excluding carboxylic acids is 1. The number of carbonyl (C=O) groups is 1. The van der Waals surface area contributed by atoms with Gasteiger partial charge in [-0.2, -0.15) is 0 Å². The lowest BCUT2D eigenvalue weighted by atomic mass is 10.3. The van der Waals surface area contributed by atoms with Crippen LogP contribution in [0.3, 0.4) is 0 Å². The van der Waals surface area contributed by atoms with Crippen LogP contribution in [0.2, 0.25) is 0 Å². The molecule has 0 aliphatic carbocycles. The van der Waals surface area contributed by atoms with Gasteiger partial charge in [-0.1, -0.05) is 5.92 Å². The standard InChI is InChI=1S/C9H10N2O2/c1-2-3-5-11-9(12)8-7(10)4-6-13-8/h4,6H,5,10H2,1H3,(H,11,12). The summed E-state index contributed by atoms with van der Waals surface area (Å²) in [6.07, 6.45) is 1.37. The van der Waals surface area contributed by atoms with E-state index in [-0.39, 0.29) is 11.7 Å². The molecule has 1 amide bonds. The molecule has 1 rings (SSSR count). The third-order valence-electron chi connectivity index (χ3n) is 1.42. The Hall–Kier alpha value is -1.89. The molecule has 0 saturated heterocycles. The Labute approximate surface area is 76.1 Å². The number of nitrogens with two attached hydrogens (primary N) is 1. The normalized spacial score (nSPS) is 8.69. The van der Waals surface area contributed by atoms with Gasteiger partial charge in [-0.05, 0) is 6.92 Å². The van der Waals surface area contributed by atoms with Crippen LogP contribution >= 0.6 is 0 Å². The fourth-order valence-corrected chi connectivity index (χ4v) is 0.797. The minimum Gasteiger partial charge on any atom is -0.457 e. The van der Waals surface area contributed by atoms with E-state index in [4.69, 9.17) is 10.2 Å². The van der Waals surface area contributed by atoms with Crippen LogP contribution in [0.15, 0.2) is 16.7 Å². The second-order valence-corrected chi connectivity index (χ2v) is 2.31. The van der Waals surface area contributed by atoms with Gasteiger partial charge in [-0.25, -0.2) is 0 Å². The average molecular weight is 178 g/mol. The van der Waals surface area contributed by atoms with Gasteiger partial charge in [0, 0.05) is 6.07 Å². The molecule has 0 unspecified atom stereocenters. The van der Waals surface area contributed by atoms with Gasteiger partial charge in [0.1, 0.15) is 0 Å². The summed E-state index contributed by atoms with van der Waals surface area (Å²) in [7, 11) is 0. The van der Waals surface area contributed by atoms with Gasteiger partial charge < -0.3 is 15.5 Å². The van der Waals surface area contributed by atoms with Crippen LogP contribution < -0.4 is 11.1 Å². The number of hydrogen-bond acceptors (Lipinski definition) is 3. The quantitative estimate of drug-likeness (QED) is 0.652. The number of furan rings is 1. The van der Waals surface area contributed by atoms with Crippen LogP contribution in [0.5, 0.6) is 0 Å². The van der Waals surface area contributed by atoms with E-state index < -0.39 is 0 Å². The highest BCUT2D eigenvalue weighted by atomic mass is 16.3. The van der Waals surface area contributed by atoms with Crippen molar-refractivity contribution in [2.75, 3.05) is 12.3 Å². The Morgan fingerprint density at radius 1 is 1.77 bits per heavy atom. The zero-order chi connectivity index (χ0) is 9.68. The summed E-state index contributed by atoms with van der Waals surface area (Å²) in [5.74, 6) is 5.15. The van der Waals surface area contributed by atoms with Crippen LogP contribution in [-0.4, -0.2) is 12.5 Å². The Morgan fingerprint density at radius 2 is 2.54 bits per heavy atom. The van der Waals surface area contributed by atoms with Gasteiger partial charge in [-0.3, -0.25) is 4.79 Å². The molecule has 0 radical (unpaired) electrons. The Morgan fingerprint density at radius 3 is 3.08 bits per heavy atom. The summed E-state index contributed by atoms with van der Waals surface area (Å²) in [4.78, 5) is 11.2. The molecular weight excluding hydrogens is 168 g/mol. The van der Waals surface area contributed by atoms with Crippen molar-refractivity contribution >= 4 is 11.6 Å². The summed E-state index contributed by atoms with van der Waals surface area (Å²) in [5.41, 5.74) is 5.79.